The van der Waals surface area contributed by atoms with Gasteiger partial charge in [-0.25, -0.2) is 0 Å². The highest BCUT2D eigenvalue weighted by Crippen LogP contribution is 2.27. The summed E-state index contributed by atoms with van der Waals surface area (Å²) in [7, 11) is 1.91. The van der Waals surface area contributed by atoms with Crippen LogP contribution in [0.25, 0.3) is 11.1 Å². The Balaban J connectivity index is 1.33. The third-order valence-corrected chi connectivity index (χ3v) is 6.01. The molecule has 3 aromatic rings. The number of benzene rings is 2. The second-order valence-corrected chi connectivity index (χ2v) is 9.37. The summed E-state index contributed by atoms with van der Waals surface area (Å²) in [5.74, 6) is 0.289. The van der Waals surface area contributed by atoms with Crippen LogP contribution in [-0.2, 0) is 16.8 Å². The van der Waals surface area contributed by atoms with Gasteiger partial charge in [-0.2, -0.15) is 4.98 Å². The fourth-order valence-electron chi connectivity index (χ4n) is 4.09. The molecule has 2 heterocycles. The molecule has 1 fully saturated rings. The summed E-state index contributed by atoms with van der Waals surface area (Å²) in [5, 5.41) is 0. The zero-order valence-electron chi connectivity index (χ0n) is 18.4. The van der Waals surface area contributed by atoms with E-state index in [0.29, 0.717) is 12.6 Å². The van der Waals surface area contributed by atoms with Crippen LogP contribution in [0.3, 0.4) is 0 Å². The molecule has 1 aliphatic rings. The predicted molar refractivity (Wildman–Crippen MR) is 121 cm³/mol. The van der Waals surface area contributed by atoms with Gasteiger partial charge in [-0.3, -0.25) is 4.79 Å². The lowest BCUT2D eigenvalue weighted by Gasteiger charge is -2.32. The smallest absolute Gasteiger partial charge is 0.298 e. The SMILES string of the molecule is CN(Cc1ccc(C(C)(C)C)cc1)C(=O)C1CCN(c2nc3ccccc3o2)CC1. The van der Waals surface area contributed by atoms with Crippen molar-refractivity contribution in [3.63, 3.8) is 0 Å². The Morgan fingerprint density at radius 1 is 1.10 bits per heavy atom. The maximum Gasteiger partial charge on any atom is 0.298 e. The van der Waals surface area contributed by atoms with E-state index in [9.17, 15) is 4.79 Å². The van der Waals surface area contributed by atoms with Gasteiger partial charge in [0, 0.05) is 32.6 Å². The second kappa shape index (κ2) is 8.13. The van der Waals surface area contributed by atoms with Crippen molar-refractivity contribution in [3.8, 4) is 0 Å². The van der Waals surface area contributed by atoms with Crippen LogP contribution in [0.1, 0.15) is 44.7 Å². The standard InChI is InChI=1S/C25H31N3O2/c1-25(2,3)20-11-9-18(10-12-20)17-27(4)23(29)19-13-15-28(16-14-19)24-26-21-7-5-6-8-22(21)30-24/h5-12,19H,13-17H2,1-4H3. The van der Waals surface area contributed by atoms with E-state index < -0.39 is 0 Å². The lowest BCUT2D eigenvalue weighted by atomic mass is 9.86. The largest absolute Gasteiger partial charge is 0.423 e. The van der Waals surface area contributed by atoms with Crippen molar-refractivity contribution in [3.05, 3.63) is 59.7 Å². The number of para-hydroxylation sites is 2. The first kappa shape index (κ1) is 20.5. The van der Waals surface area contributed by atoms with Crippen LogP contribution in [0.2, 0.25) is 0 Å². The molecule has 30 heavy (non-hydrogen) atoms. The quantitative estimate of drug-likeness (QED) is 0.613. The van der Waals surface area contributed by atoms with Gasteiger partial charge in [0.2, 0.25) is 5.91 Å². The number of oxazole rings is 1. The molecule has 1 amide bonds. The number of carbonyl (C=O) groups is 1. The molecule has 1 aliphatic heterocycles. The molecule has 0 unspecified atom stereocenters. The molecule has 0 spiro atoms. The Morgan fingerprint density at radius 2 is 1.77 bits per heavy atom. The topological polar surface area (TPSA) is 49.6 Å². The third kappa shape index (κ3) is 4.35. The molecule has 0 saturated carbocycles. The molecule has 4 rings (SSSR count). The molecular weight excluding hydrogens is 374 g/mol. The average molecular weight is 406 g/mol. The van der Waals surface area contributed by atoms with Crippen molar-refractivity contribution >= 4 is 23.0 Å². The van der Waals surface area contributed by atoms with Gasteiger partial charge in [-0.15, -0.1) is 0 Å². The number of carbonyl (C=O) groups excluding carboxylic acids is 1. The van der Waals surface area contributed by atoms with Crippen molar-refractivity contribution in [2.24, 2.45) is 5.92 Å². The van der Waals surface area contributed by atoms with Gasteiger partial charge in [0.25, 0.3) is 6.01 Å². The summed E-state index contributed by atoms with van der Waals surface area (Å²) < 4.78 is 5.88. The molecule has 158 valence electrons. The molecule has 0 atom stereocenters. The van der Waals surface area contributed by atoms with E-state index in [4.69, 9.17) is 4.42 Å². The van der Waals surface area contributed by atoms with Gasteiger partial charge in [0.05, 0.1) is 0 Å². The minimum Gasteiger partial charge on any atom is -0.423 e. The molecule has 0 bridgehead atoms. The van der Waals surface area contributed by atoms with Gasteiger partial charge in [-0.1, -0.05) is 57.2 Å². The minimum absolute atomic E-state index is 0.0597. The maximum absolute atomic E-state index is 13.0. The molecule has 0 radical (unpaired) electrons. The number of aromatic nitrogens is 1. The monoisotopic (exact) mass is 405 g/mol. The summed E-state index contributed by atoms with van der Waals surface area (Å²) in [6.45, 7) is 8.87. The van der Waals surface area contributed by atoms with Crippen LogP contribution in [0.15, 0.2) is 52.9 Å². The fraction of sp³-hybridized carbons (Fsp3) is 0.440. The Bertz CT molecular complexity index is 976. The van der Waals surface area contributed by atoms with Gasteiger partial charge >= 0.3 is 0 Å². The number of anilines is 1. The molecule has 2 aromatic carbocycles. The third-order valence-electron chi connectivity index (χ3n) is 6.01. The Labute approximate surface area is 178 Å². The molecular formula is C25H31N3O2. The summed E-state index contributed by atoms with van der Waals surface area (Å²) in [6.07, 6.45) is 1.65. The van der Waals surface area contributed by atoms with Crippen molar-refractivity contribution in [2.75, 3.05) is 25.0 Å². The summed E-state index contributed by atoms with van der Waals surface area (Å²) >= 11 is 0. The van der Waals surface area contributed by atoms with Crippen LogP contribution in [0, 0.1) is 5.92 Å². The molecule has 1 aromatic heterocycles. The number of hydrogen-bond acceptors (Lipinski definition) is 4. The van der Waals surface area contributed by atoms with E-state index >= 15 is 0 Å². The number of amides is 1. The van der Waals surface area contributed by atoms with Crippen LogP contribution in [0.5, 0.6) is 0 Å². The summed E-state index contributed by atoms with van der Waals surface area (Å²) in [6, 6.07) is 17.1. The first-order valence-electron chi connectivity index (χ1n) is 10.8. The van der Waals surface area contributed by atoms with Crippen molar-refractivity contribution in [1.82, 2.24) is 9.88 Å². The number of hydrogen-bond donors (Lipinski definition) is 0. The van der Waals surface area contributed by atoms with Crippen LogP contribution in [-0.4, -0.2) is 35.9 Å². The maximum atomic E-state index is 13.0. The lowest BCUT2D eigenvalue weighted by molar-refractivity contribution is -0.135. The molecule has 5 nitrogen and oxygen atoms in total. The van der Waals surface area contributed by atoms with Crippen LogP contribution < -0.4 is 4.90 Å². The van der Waals surface area contributed by atoms with Gasteiger partial charge in [0.1, 0.15) is 5.52 Å². The Hall–Kier alpha value is -2.82. The van der Waals surface area contributed by atoms with Crippen LogP contribution >= 0.6 is 0 Å². The van der Waals surface area contributed by atoms with Gasteiger partial charge in [0.15, 0.2) is 5.58 Å². The second-order valence-electron chi connectivity index (χ2n) is 9.37. The van der Waals surface area contributed by atoms with E-state index in [1.54, 1.807) is 0 Å². The van der Waals surface area contributed by atoms with E-state index in [0.717, 1.165) is 37.0 Å². The summed E-state index contributed by atoms with van der Waals surface area (Å²) in [5.41, 5.74) is 4.31. The fourth-order valence-corrected chi connectivity index (χ4v) is 4.09. The Morgan fingerprint density at radius 3 is 2.40 bits per heavy atom. The number of fused-ring (bicyclic) bond motifs is 1. The van der Waals surface area contributed by atoms with E-state index in [-0.39, 0.29) is 17.2 Å². The predicted octanol–water partition coefficient (Wildman–Crippen LogP) is 5.00. The number of rotatable bonds is 4. The van der Waals surface area contributed by atoms with Crippen molar-refractivity contribution in [1.29, 1.82) is 0 Å². The molecule has 0 aliphatic carbocycles. The highest BCUT2D eigenvalue weighted by atomic mass is 16.4. The highest BCUT2D eigenvalue weighted by molar-refractivity contribution is 5.79. The van der Waals surface area contributed by atoms with Crippen molar-refractivity contribution < 1.29 is 9.21 Å². The number of piperidine rings is 1. The van der Waals surface area contributed by atoms with E-state index in [2.05, 4.69) is 54.9 Å². The zero-order valence-corrected chi connectivity index (χ0v) is 18.4. The van der Waals surface area contributed by atoms with Gasteiger partial charge in [-0.05, 0) is 41.5 Å². The minimum atomic E-state index is 0.0597. The zero-order chi connectivity index (χ0) is 21.3. The molecule has 0 N–H and O–H groups in total. The average Bonchev–Trinajstić information content (AvgIpc) is 3.17. The van der Waals surface area contributed by atoms with E-state index in [1.807, 2.05) is 36.2 Å². The normalized spacial score (nSPS) is 15.5. The first-order chi connectivity index (χ1) is 14.3. The van der Waals surface area contributed by atoms with E-state index in [1.165, 1.54) is 11.1 Å². The highest BCUT2D eigenvalue weighted by Gasteiger charge is 2.29. The summed E-state index contributed by atoms with van der Waals surface area (Å²) in [4.78, 5) is 21.6. The lowest BCUT2D eigenvalue weighted by Crippen LogP contribution is -2.41. The van der Waals surface area contributed by atoms with Crippen LogP contribution in [0.4, 0.5) is 6.01 Å². The van der Waals surface area contributed by atoms with Gasteiger partial charge < -0.3 is 14.2 Å². The number of nitrogens with zero attached hydrogens (tertiary/aromatic N) is 3. The van der Waals surface area contributed by atoms with Crippen molar-refractivity contribution in [2.45, 2.75) is 45.6 Å². The first-order valence-corrected chi connectivity index (χ1v) is 10.8. The molecule has 5 heteroatoms. The molecule has 1 saturated heterocycles. The Kier molecular flexibility index (Phi) is 5.54.